The number of benzene rings is 1. The molecule has 1 heterocycles. The maximum absolute atomic E-state index is 6.15. The summed E-state index contributed by atoms with van der Waals surface area (Å²) >= 11 is 6.15. The highest BCUT2D eigenvalue weighted by molar-refractivity contribution is 6.35. The lowest BCUT2D eigenvalue weighted by Gasteiger charge is -2.11. The van der Waals surface area contributed by atoms with Crippen molar-refractivity contribution >= 4 is 28.3 Å². The number of aryl methyl sites for hydroxylation is 1. The summed E-state index contributed by atoms with van der Waals surface area (Å²) in [5.74, 6) is 0.949. The van der Waals surface area contributed by atoms with Crippen LogP contribution in [-0.4, -0.2) is 4.98 Å². The number of nitrogens with zero attached hydrogens (tertiary/aromatic N) is 1. The molecule has 2 aromatic rings. The van der Waals surface area contributed by atoms with Gasteiger partial charge in [-0.25, -0.2) is 4.98 Å². The summed E-state index contributed by atoms with van der Waals surface area (Å²) in [6, 6.07) is 6.08. The zero-order valence-electron chi connectivity index (χ0n) is 9.71. The van der Waals surface area contributed by atoms with Crippen LogP contribution in [0.5, 0.6) is 0 Å². The zero-order valence-corrected chi connectivity index (χ0v) is 10.5. The van der Waals surface area contributed by atoms with Crippen LogP contribution in [0.3, 0.4) is 0 Å². The first kappa shape index (κ1) is 11.2. The van der Waals surface area contributed by atoms with Crippen LogP contribution in [-0.2, 0) is 0 Å². The molecule has 16 heavy (non-hydrogen) atoms. The molecular weight excluding hydrogens is 220 g/mol. The van der Waals surface area contributed by atoms with E-state index in [1.807, 2.05) is 13.0 Å². The van der Waals surface area contributed by atoms with E-state index in [2.05, 4.69) is 31.0 Å². The Hall–Kier alpha value is -1.28. The van der Waals surface area contributed by atoms with Crippen LogP contribution in [0, 0.1) is 6.92 Å². The highest BCUT2D eigenvalue weighted by atomic mass is 35.5. The predicted molar refractivity (Wildman–Crippen MR) is 70.0 cm³/mol. The Morgan fingerprint density at radius 1 is 1.25 bits per heavy atom. The third kappa shape index (κ3) is 1.85. The van der Waals surface area contributed by atoms with Gasteiger partial charge in [0, 0.05) is 5.39 Å². The summed E-state index contributed by atoms with van der Waals surface area (Å²) in [5, 5.41) is 1.72. The highest BCUT2D eigenvalue weighted by Crippen LogP contribution is 2.29. The number of aromatic nitrogens is 1. The molecule has 84 valence electrons. The Labute approximate surface area is 100 Å². The van der Waals surface area contributed by atoms with Crippen molar-refractivity contribution in [2.24, 2.45) is 0 Å². The van der Waals surface area contributed by atoms with E-state index in [4.69, 9.17) is 17.3 Å². The molecule has 0 unspecified atom stereocenters. The molecule has 0 amide bonds. The van der Waals surface area contributed by atoms with E-state index < -0.39 is 0 Å². The number of hydrogen-bond acceptors (Lipinski definition) is 2. The van der Waals surface area contributed by atoms with Crippen LogP contribution in [0.2, 0.25) is 5.02 Å². The molecule has 0 aliphatic rings. The molecule has 0 saturated heterocycles. The van der Waals surface area contributed by atoms with E-state index in [1.165, 1.54) is 0 Å². The van der Waals surface area contributed by atoms with Gasteiger partial charge in [-0.05, 0) is 42.2 Å². The van der Waals surface area contributed by atoms with E-state index >= 15 is 0 Å². The third-order valence-corrected chi connectivity index (χ3v) is 2.99. The fourth-order valence-electron chi connectivity index (χ4n) is 1.88. The van der Waals surface area contributed by atoms with Crippen molar-refractivity contribution in [3.05, 3.63) is 34.3 Å². The third-order valence-electron chi connectivity index (χ3n) is 2.70. The molecule has 0 bridgehead atoms. The van der Waals surface area contributed by atoms with Crippen molar-refractivity contribution in [1.82, 2.24) is 4.98 Å². The topological polar surface area (TPSA) is 38.9 Å². The van der Waals surface area contributed by atoms with Gasteiger partial charge in [-0.3, -0.25) is 0 Å². The lowest BCUT2D eigenvalue weighted by Crippen LogP contribution is -2.00. The average molecular weight is 235 g/mol. The first-order valence-corrected chi connectivity index (χ1v) is 5.73. The average Bonchev–Trinajstić information content (AvgIpc) is 2.18. The van der Waals surface area contributed by atoms with Gasteiger partial charge in [0.1, 0.15) is 5.82 Å². The second kappa shape index (κ2) is 3.95. The minimum absolute atomic E-state index is 0.371. The van der Waals surface area contributed by atoms with Crippen molar-refractivity contribution in [2.45, 2.75) is 26.7 Å². The fraction of sp³-hybridized carbons (Fsp3) is 0.308. The standard InChI is InChI=1S/C13H15ClN2/c1-7(2)10-6-9-4-8(3)5-11(14)12(9)16-13(10)15/h4-7H,1-3H3,(H2,15,16). The molecule has 0 fully saturated rings. The van der Waals surface area contributed by atoms with Crippen LogP contribution >= 0.6 is 11.6 Å². The van der Waals surface area contributed by atoms with Crippen LogP contribution in [0.15, 0.2) is 18.2 Å². The maximum atomic E-state index is 6.15. The normalized spacial score (nSPS) is 11.3. The Morgan fingerprint density at radius 2 is 1.94 bits per heavy atom. The molecule has 0 aliphatic heterocycles. The zero-order chi connectivity index (χ0) is 11.9. The number of nitrogens with two attached hydrogens (primary N) is 1. The number of anilines is 1. The van der Waals surface area contributed by atoms with Gasteiger partial charge < -0.3 is 5.73 Å². The quantitative estimate of drug-likeness (QED) is 0.813. The van der Waals surface area contributed by atoms with Gasteiger partial charge in [0.15, 0.2) is 0 Å². The summed E-state index contributed by atoms with van der Waals surface area (Å²) < 4.78 is 0. The van der Waals surface area contributed by atoms with E-state index in [-0.39, 0.29) is 0 Å². The van der Waals surface area contributed by atoms with Gasteiger partial charge in [0.25, 0.3) is 0 Å². The second-order valence-corrected chi connectivity index (χ2v) is 4.84. The Bertz CT molecular complexity index is 547. The number of halogens is 1. The van der Waals surface area contributed by atoms with Crippen LogP contribution in [0.1, 0.15) is 30.9 Å². The van der Waals surface area contributed by atoms with Gasteiger partial charge in [0.05, 0.1) is 10.5 Å². The van der Waals surface area contributed by atoms with E-state index in [1.54, 1.807) is 0 Å². The Morgan fingerprint density at radius 3 is 2.56 bits per heavy atom. The first-order chi connectivity index (χ1) is 7.49. The van der Waals surface area contributed by atoms with E-state index in [9.17, 15) is 0 Å². The number of fused-ring (bicyclic) bond motifs is 1. The molecule has 0 radical (unpaired) electrons. The summed E-state index contributed by atoms with van der Waals surface area (Å²) in [5.41, 5.74) is 8.93. The monoisotopic (exact) mass is 234 g/mol. The SMILES string of the molecule is Cc1cc(Cl)c2nc(N)c(C(C)C)cc2c1. The number of hydrogen-bond donors (Lipinski definition) is 1. The molecule has 0 atom stereocenters. The largest absolute Gasteiger partial charge is 0.383 e. The Kier molecular flexibility index (Phi) is 2.76. The molecule has 2 N–H and O–H groups in total. The minimum atomic E-state index is 0.371. The summed E-state index contributed by atoms with van der Waals surface area (Å²) in [7, 11) is 0. The minimum Gasteiger partial charge on any atom is -0.383 e. The molecular formula is C13H15ClN2. The summed E-state index contributed by atoms with van der Waals surface area (Å²) in [6.45, 7) is 6.24. The first-order valence-electron chi connectivity index (χ1n) is 5.35. The van der Waals surface area contributed by atoms with Crippen molar-refractivity contribution in [1.29, 1.82) is 0 Å². The van der Waals surface area contributed by atoms with Gasteiger partial charge in [-0.2, -0.15) is 0 Å². The Balaban J connectivity index is 2.79. The van der Waals surface area contributed by atoms with E-state index in [0.717, 1.165) is 22.0 Å². The van der Waals surface area contributed by atoms with Gasteiger partial charge in [0.2, 0.25) is 0 Å². The summed E-state index contributed by atoms with van der Waals surface area (Å²) in [6.07, 6.45) is 0. The van der Waals surface area contributed by atoms with Crippen LogP contribution in [0.4, 0.5) is 5.82 Å². The van der Waals surface area contributed by atoms with Crippen molar-refractivity contribution in [2.75, 3.05) is 5.73 Å². The number of rotatable bonds is 1. The highest BCUT2D eigenvalue weighted by Gasteiger charge is 2.09. The van der Waals surface area contributed by atoms with Gasteiger partial charge >= 0.3 is 0 Å². The molecule has 1 aromatic carbocycles. The second-order valence-electron chi connectivity index (χ2n) is 4.44. The fourth-order valence-corrected chi connectivity index (χ4v) is 2.20. The molecule has 2 nitrogen and oxygen atoms in total. The number of pyridine rings is 1. The van der Waals surface area contributed by atoms with Crippen LogP contribution < -0.4 is 5.73 Å². The van der Waals surface area contributed by atoms with Crippen molar-refractivity contribution < 1.29 is 0 Å². The van der Waals surface area contributed by atoms with Gasteiger partial charge in [-0.1, -0.05) is 25.4 Å². The van der Waals surface area contributed by atoms with Crippen molar-refractivity contribution in [3.63, 3.8) is 0 Å². The summed E-state index contributed by atoms with van der Waals surface area (Å²) in [4.78, 5) is 4.38. The molecule has 0 spiro atoms. The predicted octanol–water partition coefficient (Wildman–Crippen LogP) is 3.90. The number of nitrogen functional groups attached to an aromatic ring is 1. The van der Waals surface area contributed by atoms with E-state index in [0.29, 0.717) is 16.8 Å². The smallest absolute Gasteiger partial charge is 0.127 e. The molecule has 0 aliphatic carbocycles. The lowest BCUT2D eigenvalue weighted by molar-refractivity contribution is 0.866. The lowest BCUT2D eigenvalue weighted by atomic mass is 10.0. The van der Waals surface area contributed by atoms with Crippen molar-refractivity contribution in [3.8, 4) is 0 Å². The van der Waals surface area contributed by atoms with Gasteiger partial charge in [-0.15, -0.1) is 0 Å². The molecule has 0 saturated carbocycles. The molecule has 1 aromatic heterocycles. The molecule has 3 heteroatoms. The van der Waals surface area contributed by atoms with Crippen LogP contribution in [0.25, 0.3) is 10.9 Å². The molecule has 2 rings (SSSR count). The maximum Gasteiger partial charge on any atom is 0.127 e.